The smallest absolute Gasteiger partial charge is 0.303 e. The number of aliphatic hydroxyl groups is 1. The molecule has 3 N–H and O–H groups in total. The number of nitrogens with zero attached hydrogens (tertiary/aromatic N) is 1. The lowest BCUT2D eigenvalue weighted by Gasteiger charge is -2.41. The summed E-state index contributed by atoms with van der Waals surface area (Å²) in [6.45, 7) is 2.39. The van der Waals surface area contributed by atoms with Crippen LogP contribution in [0.25, 0.3) is 11.1 Å². The number of hydrogen-bond donors (Lipinski definition) is 3. The molecule has 0 spiro atoms. The summed E-state index contributed by atoms with van der Waals surface area (Å²) in [5.41, 5.74) is 5.55. The first-order valence-electron chi connectivity index (χ1n) is 15.3. The van der Waals surface area contributed by atoms with Crippen LogP contribution in [0, 0.1) is 11.1 Å². The number of carbonyl (C=O) groups is 2. The Hall–Kier alpha value is -4.22. The van der Waals surface area contributed by atoms with Crippen molar-refractivity contribution >= 4 is 23.6 Å². The Labute approximate surface area is 272 Å². The Morgan fingerprint density at radius 1 is 0.913 bits per heavy atom. The standard InChI is InChI=1S/C36H38N2O7S/c1-24-31(23-46-33-10-4-5-20-38(33)43)44-36(45-35(24)27-14-12-25(22-39)13-15-27)28-18-16-26(17-19-28)30-8-3-2-7-29(30)21-37-32(40)9-6-11-34(41)42/h2-5,7-8,10,12-20,24,31,35-36,39H,6,9,11,21-23H2,1H3,(H,37,40)(H,41,42). The maximum absolute atomic E-state index is 12.3. The largest absolute Gasteiger partial charge is 0.618 e. The zero-order valence-corrected chi connectivity index (χ0v) is 26.4. The fourth-order valence-electron chi connectivity index (χ4n) is 5.46. The quantitative estimate of drug-likeness (QED) is 0.0929. The lowest BCUT2D eigenvalue weighted by Crippen LogP contribution is -2.39. The first-order chi connectivity index (χ1) is 22.3. The van der Waals surface area contributed by atoms with Crippen LogP contribution < -0.4 is 10.0 Å². The van der Waals surface area contributed by atoms with Gasteiger partial charge >= 0.3 is 5.97 Å². The highest BCUT2D eigenvalue weighted by Crippen LogP contribution is 2.43. The highest BCUT2D eigenvalue weighted by atomic mass is 32.2. The van der Waals surface area contributed by atoms with Gasteiger partial charge in [-0.3, -0.25) is 9.59 Å². The number of carboxylic acids is 1. The zero-order chi connectivity index (χ0) is 32.5. The molecule has 0 radical (unpaired) electrons. The summed E-state index contributed by atoms with van der Waals surface area (Å²) in [7, 11) is 0. The number of amides is 1. The number of pyridine rings is 1. The Kier molecular flexibility index (Phi) is 11.4. The molecule has 1 saturated heterocycles. The van der Waals surface area contributed by atoms with Crippen molar-refractivity contribution in [2.24, 2.45) is 5.92 Å². The number of carboxylic acid groups (broad SMARTS) is 1. The molecular weight excluding hydrogens is 604 g/mol. The summed E-state index contributed by atoms with van der Waals surface area (Å²) in [5.74, 6) is -0.548. The summed E-state index contributed by atoms with van der Waals surface area (Å²) in [6.07, 6.45) is 0.783. The second kappa shape index (κ2) is 15.9. The van der Waals surface area contributed by atoms with Crippen molar-refractivity contribution in [2.75, 3.05) is 5.75 Å². The molecule has 5 rings (SSSR count). The van der Waals surface area contributed by atoms with Crippen molar-refractivity contribution in [3.8, 4) is 11.1 Å². The molecule has 4 unspecified atom stereocenters. The normalized spacial score (nSPS) is 19.4. The number of carbonyl (C=O) groups excluding carboxylic acids is 1. The molecule has 1 aliphatic rings. The van der Waals surface area contributed by atoms with E-state index in [0.29, 0.717) is 23.7 Å². The number of hydrogen-bond acceptors (Lipinski definition) is 7. The number of nitrogens with one attached hydrogen (secondary N) is 1. The van der Waals surface area contributed by atoms with Gasteiger partial charge in [0.2, 0.25) is 5.91 Å². The first kappa shape index (κ1) is 33.2. The molecule has 9 nitrogen and oxygen atoms in total. The third kappa shape index (κ3) is 8.52. The van der Waals surface area contributed by atoms with Crippen molar-refractivity contribution in [1.29, 1.82) is 0 Å². The van der Waals surface area contributed by atoms with Gasteiger partial charge in [0.1, 0.15) is 0 Å². The van der Waals surface area contributed by atoms with Gasteiger partial charge in [-0.05, 0) is 40.3 Å². The average molecular weight is 643 g/mol. The monoisotopic (exact) mass is 642 g/mol. The van der Waals surface area contributed by atoms with Crippen molar-refractivity contribution in [3.05, 3.63) is 125 Å². The number of rotatable bonds is 13. The van der Waals surface area contributed by atoms with E-state index in [0.717, 1.165) is 38.1 Å². The third-order valence-electron chi connectivity index (χ3n) is 8.09. The van der Waals surface area contributed by atoms with E-state index in [1.165, 1.54) is 18.0 Å². The SMILES string of the molecule is CC1C(CSc2cccc[n+]2[O-])OC(c2ccc(-c3ccccc3CNC(=O)CCCC(=O)O)cc2)OC1c1ccc(CO)cc1. The number of aliphatic carboxylic acids is 1. The van der Waals surface area contributed by atoms with Crippen molar-refractivity contribution in [3.63, 3.8) is 0 Å². The van der Waals surface area contributed by atoms with Crippen LogP contribution in [0.2, 0.25) is 0 Å². The molecule has 46 heavy (non-hydrogen) atoms. The molecule has 0 bridgehead atoms. The summed E-state index contributed by atoms with van der Waals surface area (Å²) in [5, 5.41) is 34.1. The highest BCUT2D eigenvalue weighted by molar-refractivity contribution is 7.99. The van der Waals surface area contributed by atoms with Gasteiger partial charge in [-0.2, -0.15) is 4.73 Å². The van der Waals surface area contributed by atoms with Crippen LogP contribution in [0.3, 0.4) is 0 Å². The molecule has 1 fully saturated rings. The molecule has 4 atom stereocenters. The van der Waals surface area contributed by atoms with Gasteiger partial charge in [-0.25, -0.2) is 0 Å². The highest BCUT2D eigenvalue weighted by Gasteiger charge is 2.38. The van der Waals surface area contributed by atoms with E-state index >= 15 is 0 Å². The van der Waals surface area contributed by atoms with Crippen LogP contribution in [0.5, 0.6) is 0 Å². The number of ether oxygens (including phenoxy) is 2. The Bertz CT molecular complexity index is 1610. The van der Waals surface area contributed by atoms with Crippen LogP contribution in [0.15, 0.2) is 102 Å². The molecule has 4 aromatic rings. The fraction of sp³-hybridized carbons (Fsp3) is 0.306. The Balaban J connectivity index is 1.33. The van der Waals surface area contributed by atoms with E-state index in [2.05, 4.69) is 12.2 Å². The van der Waals surface area contributed by atoms with E-state index in [1.807, 2.05) is 78.9 Å². The van der Waals surface area contributed by atoms with Crippen LogP contribution >= 0.6 is 11.8 Å². The molecule has 0 aliphatic carbocycles. The average Bonchev–Trinajstić information content (AvgIpc) is 3.07. The van der Waals surface area contributed by atoms with Crippen molar-refractivity contribution < 1.29 is 34.0 Å². The molecule has 1 aliphatic heterocycles. The van der Waals surface area contributed by atoms with Crippen LogP contribution in [0.4, 0.5) is 0 Å². The van der Waals surface area contributed by atoms with E-state index in [1.54, 1.807) is 12.1 Å². The van der Waals surface area contributed by atoms with Gasteiger partial charge in [0.25, 0.3) is 5.03 Å². The van der Waals surface area contributed by atoms with Crippen LogP contribution in [0.1, 0.15) is 60.8 Å². The number of aromatic nitrogens is 1. The van der Waals surface area contributed by atoms with E-state index in [-0.39, 0.29) is 43.5 Å². The summed E-state index contributed by atoms with van der Waals surface area (Å²) < 4.78 is 14.0. The van der Waals surface area contributed by atoms with Gasteiger partial charge in [0.15, 0.2) is 12.5 Å². The van der Waals surface area contributed by atoms with Crippen molar-refractivity contribution in [1.82, 2.24) is 5.32 Å². The Morgan fingerprint density at radius 3 is 2.35 bits per heavy atom. The summed E-state index contributed by atoms with van der Waals surface area (Å²) >= 11 is 1.45. The predicted octanol–water partition coefficient (Wildman–Crippen LogP) is 5.93. The van der Waals surface area contributed by atoms with Gasteiger partial charge in [-0.15, -0.1) is 0 Å². The molecule has 2 heterocycles. The van der Waals surface area contributed by atoms with E-state index in [9.17, 15) is 19.9 Å². The molecule has 0 saturated carbocycles. The zero-order valence-electron chi connectivity index (χ0n) is 25.6. The maximum Gasteiger partial charge on any atom is 0.303 e. The molecule has 1 aromatic heterocycles. The molecule has 10 heteroatoms. The van der Waals surface area contributed by atoms with Gasteiger partial charge < -0.3 is 30.2 Å². The molecule has 3 aromatic carbocycles. The van der Waals surface area contributed by atoms with Gasteiger partial charge in [-0.1, -0.05) is 91.5 Å². The fourth-order valence-corrected chi connectivity index (χ4v) is 6.54. The van der Waals surface area contributed by atoms with Crippen molar-refractivity contribution in [2.45, 2.75) is 62.9 Å². The first-order valence-corrected chi connectivity index (χ1v) is 16.3. The molecular formula is C36H38N2O7S. The third-order valence-corrected chi connectivity index (χ3v) is 9.20. The second-order valence-electron chi connectivity index (χ2n) is 11.3. The maximum atomic E-state index is 12.3. The lowest BCUT2D eigenvalue weighted by atomic mass is 9.91. The van der Waals surface area contributed by atoms with E-state index < -0.39 is 12.3 Å². The Morgan fingerprint density at radius 2 is 1.63 bits per heavy atom. The topological polar surface area (TPSA) is 132 Å². The minimum atomic E-state index is -0.911. The predicted molar refractivity (Wildman–Crippen MR) is 174 cm³/mol. The van der Waals surface area contributed by atoms with Gasteiger partial charge in [0, 0.05) is 48.8 Å². The van der Waals surface area contributed by atoms with Gasteiger partial charge in [0.05, 0.1) is 18.8 Å². The summed E-state index contributed by atoms with van der Waals surface area (Å²) in [6, 6.07) is 28.9. The molecule has 1 amide bonds. The number of aliphatic hydroxyl groups excluding tert-OH is 1. The number of benzene rings is 3. The summed E-state index contributed by atoms with van der Waals surface area (Å²) in [4.78, 5) is 23.0. The molecule has 240 valence electrons. The number of thioether (sulfide) groups is 1. The van der Waals surface area contributed by atoms with Crippen LogP contribution in [-0.4, -0.2) is 33.9 Å². The van der Waals surface area contributed by atoms with Crippen LogP contribution in [-0.2, 0) is 32.2 Å². The lowest BCUT2D eigenvalue weighted by molar-refractivity contribution is -0.645. The minimum absolute atomic E-state index is 0.0157. The van der Waals surface area contributed by atoms with E-state index in [4.69, 9.17) is 14.6 Å². The second-order valence-corrected chi connectivity index (χ2v) is 12.3. The minimum Gasteiger partial charge on any atom is -0.618 e.